The Morgan fingerprint density at radius 3 is 3.20 bits per heavy atom. The van der Waals surface area contributed by atoms with Crippen molar-refractivity contribution in [2.24, 2.45) is 10.9 Å². The molecule has 106 valence electrons. The number of aromatic nitrogens is 1. The number of piperidine rings is 1. The number of isothiocyanates is 1. The number of hydrogen-bond donors (Lipinski definition) is 1. The third kappa shape index (κ3) is 2.75. The van der Waals surface area contributed by atoms with Crippen molar-refractivity contribution in [3.8, 4) is 0 Å². The molecule has 1 fully saturated rings. The number of aliphatic imine (C=N–C) groups is 1. The SMILES string of the molecule is O=c1cccc2n1C[C@H]1C[C@@H]2C[NH+](CCCN=C=S)C1. The predicted molar refractivity (Wildman–Crippen MR) is 81.6 cm³/mol. The van der Waals surface area contributed by atoms with Gasteiger partial charge in [0.1, 0.15) is 0 Å². The van der Waals surface area contributed by atoms with E-state index in [9.17, 15) is 4.79 Å². The van der Waals surface area contributed by atoms with Gasteiger partial charge < -0.3 is 9.47 Å². The second kappa shape index (κ2) is 6.00. The number of nitrogens with one attached hydrogen (secondary N) is 1. The maximum Gasteiger partial charge on any atom is 0.250 e. The van der Waals surface area contributed by atoms with Gasteiger partial charge in [0.2, 0.25) is 0 Å². The second-order valence-corrected chi connectivity index (χ2v) is 6.12. The molecule has 3 atom stereocenters. The topological polar surface area (TPSA) is 38.8 Å². The highest BCUT2D eigenvalue weighted by Crippen LogP contribution is 2.29. The molecule has 2 bridgehead atoms. The van der Waals surface area contributed by atoms with Crippen LogP contribution in [0.2, 0.25) is 0 Å². The standard InChI is InChI=1S/C15H19N3OS/c19-15-4-1-3-14-13-7-12(9-18(14)15)8-17(10-13)6-2-5-16-11-20/h1,3-4,12-13H,2,5-10H2/p+1/t12-,13+/m0/s1. The average Bonchev–Trinajstić information content (AvgIpc) is 2.45. The molecule has 1 unspecified atom stereocenters. The fourth-order valence-corrected chi connectivity index (χ4v) is 3.87. The van der Waals surface area contributed by atoms with Crippen molar-refractivity contribution in [1.82, 2.24) is 4.57 Å². The summed E-state index contributed by atoms with van der Waals surface area (Å²) in [5.74, 6) is 1.19. The predicted octanol–water partition coefficient (Wildman–Crippen LogP) is 0.343. The van der Waals surface area contributed by atoms with Crippen LogP contribution in [0.15, 0.2) is 28.0 Å². The largest absolute Gasteiger partial charge is 0.334 e. The van der Waals surface area contributed by atoms with E-state index in [2.05, 4.69) is 28.4 Å². The molecule has 0 aromatic carbocycles. The molecular weight excluding hydrogens is 270 g/mol. The van der Waals surface area contributed by atoms with Crippen molar-refractivity contribution < 1.29 is 4.90 Å². The summed E-state index contributed by atoms with van der Waals surface area (Å²) in [6, 6.07) is 5.71. The van der Waals surface area contributed by atoms with Crippen molar-refractivity contribution in [2.45, 2.75) is 25.3 Å². The molecule has 3 rings (SSSR count). The van der Waals surface area contributed by atoms with Crippen molar-refractivity contribution in [1.29, 1.82) is 0 Å². The fraction of sp³-hybridized carbons (Fsp3) is 0.600. The minimum atomic E-state index is 0.163. The second-order valence-electron chi connectivity index (χ2n) is 5.93. The summed E-state index contributed by atoms with van der Waals surface area (Å²) in [5.41, 5.74) is 1.40. The monoisotopic (exact) mass is 290 g/mol. The molecule has 3 heterocycles. The van der Waals surface area contributed by atoms with Crippen LogP contribution >= 0.6 is 12.2 Å². The first kappa shape index (κ1) is 13.7. The number of quaternary nitrogens is 1. The van der Waals surface area contributed by atoms with Gasteiger partial charge in [0.05, 0.1) is 31.3 Å². The van der Waals surface area contributed by atoms with Crippen LogP contribution in [-0.4, -0.2) is 35.9 Å². The van der Waals surface area contributed by atoms with E-state index in [1.165, 1.54) is 18.7 Å². The molecule has 2 aliphatic rings. The van der Waals surface area contributed by atoms with E-state index in [1.807, 2.05) is 10.6 Å². The molecule has 0 saturated carbocycles. The highest BCUT2D eigenvalue weighted by atomic mass is 32.1. The number of hydrogen-bond acceptors (Lipinski definition) is 3. The van der Waals surface area contributed by atoms with E-state index >= 15 is 0 Å². The van der Waals surface area contributed by atoms with Crippen LogP contribution in [0, 0.1) is 5.92 Å². The summed E-state index contributed by atoms with van der Waals surface area (Å²) in [7, 11) is 0. The lowest BCUT2D eigenvalue weighted by Crippen LogP contribution is -3.14. The number of thiocarbonyl (C=S) groups is 1. The Balaban J connectivity index is 1.70. The Kier molecular flexibility index (Phi) is 4.10. The zero-order chi connectivity index (χ0) is 13.9. The first-order valence-electron chi connectivity index (χ1n) is 7.35. The van der Waals surface area contributed by atoms with Crippen molar-refractivity contribution in [3.63, 3.8) is 0 Å². The summed E-state index contributed by atoms with van der Waals surface area (Å²) < 4.78 is 1.99. The van der Waals surface area contributed by atoms with Crippen LogP contribution in [0.1, 0.15) is 24.5 Å². The number of likely N-dealkylation sites (tertiary alicyclic amines) is 1. The van der Waals surface area contributed by atoms with Gasteiger partial charge >= 0.3 is 0 Å². The number of fused-ring (bicyclic) bond motifs is 4. The van der Waals surface area contributed by atoms with Gasteiger partial charge in [-0.3, -0.25) is 4.79 Å². The Morgan fingerprint density at radius 2 is 2.35 bits per heavy atom. The number of rotatable bonds is 4. The van der Waals surface area contributed by atoms with Crippen LogP contribution in [0.5, 0.6) is 0 Å². The smallest absolute Gasteiger partial charge is 0.250 e. The Hall–Kier alpha value is -1.29. The Labute approximate surface area is 124 Å². The van der Waals surface area contributed by atoms with Gasteiger partial charge in [-0.1, -0.05) is 6.07 Å². The van der Waals surface area contributed by atoms with Crippen molar-refractivity contribution in [3.05, 3.63) is 34.2 Å². The molecule has 1 saturated heterocycles. The van der Waals surface area contributed by atoms with E-state index in [4.69, 9.17) is 0 Å². The zero-order valence-corrected chi connectivity index (χ0v) is 12.4. The van der Waals surface area contributed by atoms with Gasteiger partial charge in [0.25, 0.3) is 5.56 Å². The van der Waals surface area contributed by atoms with Crippen molar-refractivity contribution >= 4 is 17.4 Å². The van der Waals surface area contributed by atoms with Crippen LogP contribution in [-0.2, 0) is 6.54 Å². The average molecular weight is 290 g/mol. The molecule has 1 aromatic rings. The minimum Gasteiger partial charge on any atom is -0.334 e. The van der Waals surface area contributed by atoms with Gasteiger partial charge in [-0.25, -0.2) is 4.99 Å². The summed E-state index contributed by atoms with van der Waals surface area (Å²) >= 11 is 4.59. The molecule has 20 heavy (non-hydrogen) atoms. The summed E-state index contributed by atoms with van der Waals surface area (Å²) in [6.07, 6.45) is 2.31. The third-order valence-corrected chi connectivity index (χ3v) is 4.67. The molecule has 2 aliphatic heterocycles. The molecule has 0 amide bonds. The molecule has 5 heteroatoms. The molecule has 0 radical (unpaired) electrons. The van der Waals surface area contributed by atoms with E-state index in [0.717, 1.165) is 32.6 Å². The van der Waals surface area contributed by atoms with E-state index in [0.29, 0.717) is 11.8 Å². The van der Waals surface area contributed by atoms with Gasteiger partial charge in [-0.05, 0) is 24.7 Å². The quantitative estimate of drug-likeness (QED) is 0.493. The van der Waals surface area contributed by atoms with Crippen LogP contribution in [0.4, 0.5) is 0 Å². The number of nitrogens with zero attached hydrogens (tertiary/aromatic N) is 2. The van der Waals surface area contributed by atoms with Crippen LogP contribution < -0.4 is 10.5 Å². The first-order chi connectivity index (χ1) is 9.78. The van der Waals surface area contributed by atoms with E-state index < -0.39 is 0 Å². The van der Waals surface area contributed by atoms with Gasteiger partial charge in [0.15, 0.2) is 0 Å². The molecule has 4 nitrogen and oxygen atoms in total. The van der Waals surface area contributed by atoms with Crippen molar-refractivity contribution in [2.75, 3.05) is 26.2 Å². The number of pyridine rings is 1. The molecule has 1 N–H and O–H groups in total. The molecular formula is C15H20N3OS+. The van der Waals surface area contributed by atoms with Gasteiger partial charge in [-0.15, -0.1) is 0 Å². The summed E-state index contributed by atoms with van der Waals surface area (Å²) in [4.78, 5) is 17.6. The van der Waals surface area contributed by atoms with Gasteiger partial charge in [-0.2, -0.15) is 0 Å². The highest BCUT2D eigenvalue weighted by Gasteiger charge is 2.36. The van der Waals surface area contributed by atoms with Gasteiger partial charge in [0, 0.05) is 36.6 Å². The fourth-order valence-electron chi connectivity index (χ4n) is 3.78. The lowest BCUT2D eigenvalue weighted by molar-refractivity contribution is -0.911. The Bertz CT molecular complexity index is 591. The summed E-state index contributed by atoms with van der Waals surface area (Å²) in [5, 5.41) is 2.43. The lowest BCUT2D eigenvalue weighted by Gasteiger charge is -2.40. The highest BCUT2D eigenvalue weighted by molar-refractivity contribution is 7.78. The first-order valence-corrected chi connectivity index (χ1v) is 7.75. The van der Waals surface area contributed by atoms with Crippen LogP contribution in [0.3, 0.4) is 0 Å². The molecule has 1 aromatic heterocycles. The van der Waals surface area contributed by atoms with E-state index in [-0.39, 0.29) is 5.56 Å². The lowest BCUT2D eigenvalue weighted by atomic mass is 9.83. The third-order valence-electron chi connectivity index (χ3n) is 4.54. The zero-order valence-electron chi connectivity index (χ0n) is 11.5. The normalized spacial score (nSPS) is 27.5. The molecule has 0 spiro atoms. The summed E-state index contributed by atoms with van der Waals surface area (Å²) in [6.45, 7) is 5.15. The maximum atomic E-state index is 11.9. The minimum absolute atomic E-state index is 0.163. The Morgan fingerprint density at radius 1 is 1.45 bits per heavy atom. The molecule has 0 aliphatic carbocycles. The maximum absolute atomic E-state index is 11.9. The van der Waals surface area contributed by atoms with Crippen LogP contribution in [0.25, 0.3) is 0 Å². The van der Waals surface area contributed by atoms with E-state index in [1.54, 1.807) is 11.0 Å².